The summed E-state index contributed by atoms with van der Waals surface area (Å²) in [5.74, 6) is 1.23. The topological polar surface area (TPSA) is 59.5 Å². The van der Waals surface area contributed by atoms with Crippen LogP contribution in [0.5, 0.6) is 5.75 Å². The Labute approximate surface area is 110 Å². The van der Waals surface area contributed by atoms with Crippen molar-refractivity contribution in [3.8, 4) is 5.75 Å². The molecular formula is C11H15ClN4O2. The highest BCUT2D eigenvalue weighted by molar-refractivity contribution is 6.31. The third-order valence-corrected chi connectivity index (χ3v) is 3.38. The zero-order valence-corrected chi connectivity index (χ0v) is 10.7. The second-order valence-electron chi connectivity index (χ2n) is 4.41. The van der Waals surface area contributed by atoms with Crippen molar-refractivity contribution in [1.82, 2.24) is 14.9 Å². The van der Waals surface area contributed by atoms with Gasteiger partial charge < -0.3 is 14.8 Å². The highest BCUT2D eigenvalue weighted by atomic mass is 35.5. The van der Waals surface area contributed by atoms with E-state index in [-0.39, 0.29) is 6.04 Å². The van der Waals surface area contributed by atoms with Gasteiger partial charge in [0.25, 0.3) is 0 Å². The van der Waals surface area contributed by atoms with Crippen LogP contribution in [0.2, 0.25) is 5.15 Å². The molecule has 2 aliphatic heterocycles. The smallest absolute Gasteiger partial charge is 0.199 e. The molecule has 3 rings (SSSR count). The van der Waals surface area contributed by atoms with Gasteiger partial charge in [0.1, 0.15) is 12.9 Å². The molecular weight excluding hydrogens is 256 g/mol. The number of rotatable bonds is 2. The quantitative estimate of drug-likeness (QED) is 0.796. The number of nitrogens with one attached hydrogen (secondary N) is 1. The Morgan fingerprint density at radius 2 is 2.22 bits per heavy atom. The first-order valence-corrected chi connectivity index (χ1v) is 6.40. The maximum absolute atomic E-state index is 5.94. The lowest BCUT2D eigenvalue weighted by molar-refractivity contribution is 0.0336. The van der Waals surface area contributed by atoms with Crippen molar-refractivity contribution in [2.45, 2.75) is 6.04 Å². The SMILES string of the molecule is Clc1ncnc2c1OC[C@@H](CN1CCOCC1)N2. The molecule has 0 saturated carbocycles. The number of nitrogens with zero attached hydrogens (tertiary/aromatic N) is 3. The van der Waals surface area contributed by atoms with E-state index in [9.17, 15) is 0 Å². The first-order chi connectivity index (χ1) is 8.83. The molecule has 6 nitrogen and oxygen atoms in total. The summed E-state index contributed by atoms with van der Waals surface area (Å²) in [7, 11) is 0. The molecule has 0 aromatic carbocycles. The van der Waals surface area contributed by atoms with Gasteiger partial charge in [0.2, 0.25) is 0 Å². The van der Waals surface area contributed by atoms with Gasteiger partial charge in [-0.3, -0.25) is 4.90 Å². The van der Waals surface area contributed by atoms with Gasteiger partial charge in [-0.25, -0.2) is 9.97 Å². The molecule has 1 N–H and O–H groups in total. The van der Waals surface area contributed by atoms with Gasteiger partial charge in [-0.1, -0.05) is 11.6 Å². The minimum absolute atomic E-state index is 0.224. The summed E-state index contributed by atoms with van der Waals surface area (Å²) in [5.41, 5.74) is 0. The Kier molecular flexibility index (Phi) is 3.49. The van der Waals surface area contributed by atoms with E-state index in [0.717, 1.165) is 32.8 Å². The van der Waals surface area contributed by atoms with Crippen LogP contribution in [0.15, 0.2) is 6.33 Å². The molecule has 0 bridgehead atoms. The van der Waals surface area contributed by atoms with Gasteiger partial charge in [-0.2, -0.15) is 0 Å². The van der Waals surface area contributed by atoms with Crippen LogP contribution in [0, 0.1) is 0 Å². The molecule has 2 aliphatic rings. The Bertz CT molecular complexity index is 426. The van der Waals surface area contributed by atoms with E-state index in [2.05, 4.69) is 20.2 Å². The fourth-order valence-corrected chi connectivity index (χ4v) is 2.38. The van der Waals surface area contributed by atoms with E-state index in [1.54, 1.807) is 0 Å². The number of halogens is 1. The summed E-state index contributed by atoms with van der Waals surface area (Å²) in [6, 6.07) is 0.224. The first-order valence-electron chi connectivity index (χ1n) is 6.03. The molecule has 3 heterocycles. The van der Waals surface area contributed by atoms with Gasteiger partial charge in [0, 0.05) is 19.6 Å². The standard InChI is InChI=1S/C11H15ClN4O2/c12-10-9-11(14-7-13-10)15-8(6-18-9)5-16-1-3-17-4-2-16/h7-8H,1-6H2,(H,13,14,15)/t8-/m1/s1. The number of anilines is 1. The molecule has 1 aromatic heterocycles. The van der Waals surface area contributed by atoms with Crippen LogP contribution in [0.3, 0.4) is 0 Å². The van der Waals surface area contributed by atoms with Crippen molar-refractivity contribution < 1.29 is 9.47 Å². The van der Waals surface area contributed by atoms with Gasteiger partial charge >= 0.3 is 0 Å². The molecule has 1 fully saturated rings. The van der Waals surface area contributed by atoms with Crippen molar-refractivity contribution in [3.63, 3.8) is 0 Å². The molecule has 0 radical (unpaired) electrons. The number of ether oxygens (including phenoxy) is 2. The van der Waals surface area contributed by atoms with Crippen LogP contribution in [0.4, 0.5) is 5.82 Å². The van der Waals surface area contributed by atoms with Gasteiger partial charge in [-0.05, 0) is 0 Å². The average molecular weight is 271 g/mol. The van der Waals surface area contributed by atoms with Gasteiger partial charge in [0.15, 0.2) is 16.7 Å². The zero-order chi connectivity index (χ0) is 12.4. The van der Waals surface area contributed by atoms with Crippen molar-refractivity contribution in [3.05, 3.63) is 11.5 Å². The number of hydrogen-bond donors (Lipinski definition) is 1. The molecule has 1 atom stereocenters. The molecule has 7 heteroatoms. The summed E-state index contributed by atoms with van der Waals surface area (Å²) >= 11 is 5.94. The van der Waals surface area contributed by atoms with Crippen LogP contribution >= 0.6 is 11.6 Å². The summed E-state index contributed by atoms with van der Waals surface area (Å²) < 4.78 is 11.0. The highest BCUT2D eigenvalue weighted by Gasteiger charge is 2.25. The zero-order valence-electron chi connectivity index (χ0n) is 9.93. The van der Waals surface area contributed by atoms with Crippen LogP contribution < -0.4 is 10.1 Å². The fraction of sp³-hybridized carbons (Fsp3) is 0.636. The number of hydrogen-bond acceptors (Lipinski definition) is 6. The largest absolute Gasteiger partial charge is 0.485 e. The maximum atomic E-state index is 5.94. The molecule has 0 aliphatic carbocycles. The summed E-state index contributed by atoms with van der Waals surface area (Å²) in [6.45, 7) is 5.04. The van der Waals surface area contributed by atoms with Gasteiger partial charge in [0.05, 0.1) is 19.3 Å². The van der Waals surface area contributed by atoms with Crippen molar-refractivity contribution in [2.75, 3.05) is 44.8 Å². The third-order valence-electron chi connectivity index (χ3n) is 3.11. The van der Waals surface area contributed by atoms with Crippen LogP contribution in [-0.2, 0) is 4.74 Å². The predicted molar refractivity (Wildman–Crippen MR) is 67.2 cm³/mol. The summed E-state index contributed by atoms with van der Waals surface area (Å²) in [6.07, 6.45) is 1.44. The van der Waals surface area contributed by atoms with E-state index < -0.39 is 0 Å². The molecule has 0 spiro atoms. The summed E-state index contributed by atoms with van der Waals surface area (Å²) in [5, 5.41) is 3.70. The molecule has 1 saturated heterocycles. The number of fused-ring (bicyclic) bond motifs is 1. The van der Waals surface area contributed by atoms with Crippen LogP contribution in [-0.4, -0.2) is 60.4 Å². The lowest BCUT2D eigenvalue weighted by Gasteiger charge is -2.33. The normalized spacial score (nSPS) is 23.9. The lowest BCUT2D eigenvalue weighted by Crippen LogP contribution is -2.46. The number of aromatic nitrogens is 2. The molecule has 0 amide bonds. The monoisotopic (exact) mass is 270 g/mol. The van der Waals surface area contributed by atoms with E-state index in [1.807, 2.05) is 0 Å². The van der Waals surface area contributed by atoms with E-state index in [4.69, 9.17) is 21.1 Å². The first kappa shape index (κ1) is 12.0. The average Bonchev–Trinajstić information content (AvgIpc) is 2.40. The van der Waals surface area contributed by atoms with Crippen LogP contribution in [0.25, 0.3) is 0 Å². The Balaban J connectivity index is 1.64. The van der Waals surface area contributed by atoms with E-state index in [0.29, 0.717) is 23.3 Å². The lowest BCUT2D eigenvalue weighted by atomic mass is 10.2. The number of morpholine rings is 1. The molecule has 0 unspecified atom stereocenters. The molecule has 1 aromatic rings. The second kappa shape index (κ2) is 5.26. The fourth-order valence-electron chi connectivity index (χ4n) is 2.20. The Morgan fingerprint density at radius 3 is 3.06 bits per heavy atom. The highest BCUT2D eigenvalue weighted by Crippen LogP contribution is 2.32. The summed E-state index contributed by atoms with van der Waals surface area (Å²) in [4.78, 5) is 10.4. The Morgan fingerprint density at radius 1 is 1.39 bits per heavy atom. The third kappa shape index (κ3) is 2.50. The minimum atomic E-state index is 0.224. The molecule has 98 valence electrons. The van der Waals surface area contributed by atoms with Crippen molar-refractivity contribution in [2.24, 2.45) is 0 Å². The van der Waals surface area contributed by atoms with Gasteiger partial charge in [-0.15, -0.1) is 0 Å². The van der Waals surface area contributed by atoms with Crippen molar-refractivity contribution in [1.29, 1.82) is 0 Å². The van der Waals surface area contributed by atoms with E-state index >= 15 is 0 Å². The maximum Gasteiger partial charge on any atom is 0.199 e. The van der Waals surface area contributed by atoms with E-state index in [1.165, 1.54) is 6.33 Å². The predicted octanol–water partition coefficient (Wildman–Crippen LogP) is 0.635. The van der Waals surface area contributed by atoms with Crippen LogP contribution in [0.1, 0.15) is 0 Å². The molecule has 18 heavy (non-hydrogen) atoms. The Hall–Kier alpha value is -1.11. The second-order valence-corrected chi connectivity index (χ2v) is 4.77. The van der Waals surface area contributed by atoms with Crippen molar-refractivity contribution >= 4 is 17.4 Å². The minimum Gasteiger partial charge on any atom is -0.485 e.